The van der Waals surface area contributed by atoms with E-state index in [1.54, 1.807) is 18.2 Å². The van der Waals surface area contributed by atoms with Gasteiger partial charge < -0.3 is 15.4 Å². The molecule has 1 amide bonds. The number of benzene rings is 2. The molecule has 0 saturated carbocycles. The van der Waals surface area contributed by atoms with Gasteiger partial charge in [-0.25, -0.2) is 4.98 Å². The van der Waals surface area contributed by atoms with Crippen molar-refractivity contribution in [2.45, 2.75) is 31.7 Å². The molecule has 1 aliphatic heterocycles. The van der Waals surface area contributed by atoms with Crippen molar-refractivity contribution >= 4 is 40.1 Å². The Kier molecular flexibility index (Phi) is 5.55. The summed E-state index contributed by atoms with van der Waals surface area (Å²) in [4.78, 5) is 22.4. The molecule has 2 heterocycles. The van der Waals surface area contributed by atoms with Crippen molar-refractivity contribution in [3.05, 3.63) is 63.9 Å². The number of carbonyl (C=O) groups excluding carboxylic acids is 1. The molecule has 6 nitrogen and oxygen atoms in total. The molecule has 1 saturated heterocycles. The predicted octanol–water partition coefficient (Wildman–Crippen LogP) is 3.12. The van der Waals surface area contributed by atoms with Crippen molar-refractivity contribution in [3.63, 3.8) is 0 Å². The number of rotatable bonds is 5. The van der Waals surface area contributed by atoms with E-state index in [9.17, 15) is 9.90 Å². The lowest BCUT2D eigenvalue weighted by atomic mass is 10.1. The van der Waals surface area contributed by atoms with E-state index in [1.807, 2.05) is 29.2 Å². The van der Waals surface area contributed by atoms with Gasteiger partial charge in [-0.3, -0.25) is 9.69 Å². The zero-order valence-corrected chi connectivity index (χ0v) is 16.5. The Balaban J connectivity index is 1.43. The van der Waals surface area contributed by atoms with Gasteiger partial charge >= 0.3 is 0 Å². The number of H-pyrrole nitrogens is 1. The van der Waals surface area contributed by atoms with E-state index < -0.39 is 12.1 Å². The maximum absolute atomic E-state index is 12.8. The van der Waals surface area contributed by atoms with E-state index in [0.29, 0.717) is 41.9 Å². The SMILES string of the molecule is O=C(NCc1nc2ccccc2[nH]1)C1CC(O)CN1Cc1cc(Cl)ccc1Cl. The van der Waals surface area contributed by atoms with Crippen LogP contribution in [0.15, 0.2) is 42.5 Å². The molecule has 0 aliphatic carbocycles. The number of aliphatic hydroxyl groups is 1. The molecule has 0 bridgehead atoms. The zero-order chi connectivity index (χ0) is 19.7. The molecule has 4 rings (SSSR count). The first-order chi connectivity index (χ1) is 13.5. The summed E-state index contributed by atoms with van der Waals surface area (Å²) in [6.07, 6.45) is -0.177. The van der Waals surface area contributed by atoms with Gasteiger partial charge in [0.1, 0.15) is 5.82 Å². The van der Waals surface area contributed by atoms with Crippen LogP contribution in [-0.4, -0.2) is 44.6 Å². The first-order valence-electron chi connectivity index (χ1n) is 9.07. The number of para-hydroxylation sites is 2. The Bertz CT molecular complexity index is 974. The standard InChI is InChI=1S/C20H20Cl2N4O2/c21-13-5-6-15(22)12(7-13)10-26-11-14(27)8-18(26)20(28)23-9-19-24-16-3-1-2-4-17(16)25-19/h1-7,14,18,27H,8-11H2,(H,23,28)(H,24,25). The van der Waals surface area contributed by atoms with Crippen LogP contribution in [0.5, 0.6) is 0 Å². The summed E-state index contributed by atoms with van der Waals surface area (Å²) in [5, 5.41) is 14.2. The quantitative estimate of drug-likeness (QED) is 0.594. The Hall–Kier alpha value is -2.12. The van der Waals surface area contributed by atoms with E-state index in [-0.39, 0.29) is 5.91 Å². The van der Waals surface area contributed by atoms with Gasteiger partial charge in [-0.05, 0) is 42.3 Å². The third kappa shape index (κ3) is 4.15. The maximum atomic E-state index is 12.8. The topological polar surface area (TPSA) is 81.2 Å². The monoisotopic (exact) mass is 418 g/mol. The maximum Gasteiger partial charge on any atom is 0.237 e. The smallest absolute Gasteiger partial charge is 0.237 e. The molecule has 1 aliphatic rings. The average Bonchev–Trinajstić information content (AvgIpc) is 3.25. The number of hydrogen-bond acceptors (Lipinski definition) is 4. The Labute approximate surface area is 172 Å². The summed E-state index contributed by atoms with van der Waals surface area (Å²) in [5.74, 6) is 0.549. The number of likely N-dealkylation sites (tertiary alicyclic amines) is 1. The molecule has 28 heavy (non-hydrogen) atoms. The summed E-state index contributed by atoms with van der Waals surface area (Å²) in [7, 11) is 0. The number of hydrogen-bond donors (Lipinski definition) is 3. The normalized spacial score (nSPS) is 20.0. The highest BCUT2D eigenvalue weighted by molar-refractivity contribution is 6.33. The number of amides is 1. The van der Waals surface area contributed by atoms with Gasteiger partial charge in [-0.15, -0.1) is 0 Å². The van der Waals surface area contributed by atoms with Gasteiger partial charge in [-0.2, -0.15) is 0 Å². The van der Waals surface area contributed by atoms with Crippen molar-refractivity contribution in [2.75, 3.05) is 6.54 Å². The van der Waals surface area contributed by atoms with Crippen LogP contribution in [0.3, 0.4) is 0 Å². The van der Waals surface area contributed by atoms with Crippen molar-refractivity contribution in [1.82, 2.24) is 20.2 Å². The zero-order valence-electron chi connectivity index (χ0n) is 15.0. The molecule has 2 unspecified atom stereocenters. The molecule has 3 aromatic rings. The lowest BCUT2D eigenvalue weighted by molar-refractivity contribution is -0.125. The fourth-order valence-corrected chi connectivity index (χ4v) is 3.96. The van der Waals surface area contributed by atoms with Crippen molar-refractivity contribution in [2.24, 2.45) is 0 Å². The molecule has 1 aromatic heterocycles. The van der Waals surface area contributed by atoms with Gasteiger partial charge in [0.2, 0.25) is 5.91 Å². The summed E-state index contributed by atoms with van der Waals surface area (Å²) < 4.78 is 0. The van der Waals surface area contributed by atoms with Gasteiger partial charge in [0.15, 0.2) is 0 Å². The number of aliphatic hydroxyl groups excluding tert-OH is 1. The molecule has 0 spiro atoms. The first-order valence-corrected chi connectivity index (χ1v) is 9.82. The summed E-state index contributed by atoms with van der Waals surface area (Å²) in [5.41, 5.74) is 2.62. The van der Waals surface area contributed by atoms with Crippen molar-refractivity contribution in [1.29, 1.82) is 0 Å². The second kappa shape index (κ2) is 8.09. The van der Waals surface area contributed by atoms with Crippen molar-refractivity contribution in [3.8, 4) is 0 Å². The Morgan fingerprint density at radius 1 is 1.29 bits per heavy atom. The molecular formula is C20H20Cl2N4O2. The number of nitrogens with zero attached hydrogens (tertiary/aromatic N) is 2. The van der Waals surface area contributed by atoms with Crippen LogP contribution in [0.2, 0.25) is 10.0 Å². The van der Waals surface area contributed by atoms with Crippen molar-refractivity contribution < 1.29 is 9.90 Å². The minimum Gasteiger partial charge on any atom is -0.392 e. The fourth-order valence-electron chi connectivity index (χ4n) is 3.59. The lowest BCUT2D eigenvalue weighted by Gasteiger charge is -2.23. The van der Waals surface area contributed by atoms with Crippen LogP contribution in [0, 0.1) is 0 Å². The summed E-state index contributed by atoms with van der Waals surface area (Å²) in [6.45, 7) is 1.15. The third-order valence-corrected chi connectivity index (χ3v) is 5.54. The largest absolute Gasteiger partial charge is 0.392 e. The predicted molar refractivity (Wildman–Crippen MR) is 109 cm³/mol. The van der Waals surface area contributed by atoms with Crippen LogP contribution in [0.25, 0.3) is 11.0 Å². The van der Waals surface area contributed by atoms with Gasteiger partial charge in [0.05, 0.1) is 29.7 Å². The number of β-amino-alcohol motifs (C(OH)–C–C–N with tert-alkyl or cyclic N) is 1. The molecule has 0 radical (unpaired) electrons. The fraction of sp³-hybridized carbons (Fsp3) is 0.300. The highest BCUT2D eigenvalue weighted by atomic mass is 35.5. The second-order valence-corrected chi connectivity index (χ2v) is 7.83. The third-order valence-electron chi connectivity index (χ3n) is 4.93. The van der Waals surface area contributed by atoms with E-state index >= 15 is 0 Å². The number of carbonyl (C=O) groups is 1. The van der Waals surface area contributed by atoms with E-state index in [4.69, 9.17) is 23.2 Å². The molecule has 2 atom stereocenters. The second-order valence-electron chi connectivity index (χ2n) is 6.99. The summed E-state index contributed by atoms with van der Waals surface area (Å²) >= 11 is 12.3. The van der Waals surface area contributed by atoms with Crippen LogP contribution in [-0.2, 0) is 17.9 Å². The molecule has 8 heteroatoms. The minimum atomic E-state index is -0.556. The van der Waals surface area contributed by atoms with E-state index in [1.165, 1.54) is 0 Å². The molecule has 3 N–H and O–H groups in total. The Morgan fingerprint density at radius 2 is 2.11 bits per heavy atom. The van der Waals surface area contributed by atoms with Crippen LogP contribution < -0.4 is 5.32 Å². The molecule has 1 fully saturated rings. The van der Waals surface area contributed by atoms with Gasteiger partial charge in [-0.1, -0.05) is 35.3 Å². The van der Waals surface area contributed by atoms with Gasteiger partial charge in [0, 0.05) is 23.1 Å². The number of aromatic nitrogens is 2. The summed E-state index contributed by atoms with van der Waals surface area (Å²) in [6, 6.07) is 12.5. The Morgan fingerprint density at radius 3 is 2.93 bits per heavy atom. The van der Waals surface area contributed by atoms with E-state index in [0.717, 1.165) is 16.6 Å². The number of aromatic amines is 1. The first kappa shape index (κ1) is 19.2. The van der Waals surface area contributed by atoms with Crippen LogP contribution in [0.4, 0.5) is 0 Å². The average molecular weight is 419 g/mol. The number of fused-ring (bicyclic) bond motifs is 1. The lowest BCUT2D eigenvalue weighted by Crippen LogP contribution is -2.42. The minimum absolute atomic E-state index is 0.143. The molecular weight excluding hydrogens is 399 g/mol. The highest BCUT2D eigenvalue weighted by Crippen LogP contribution is 2.26. The number of halogens is 2. The van der Waals surface area contributed by atoms with Crippen LogP contribution >= 0.6 is 23.2 Å². The molecule has 146 valence electrons. The number of nitrogens with one attached hydrogen (secondary N) is 2. The number of imidazole rings is 1. The van der Waals surface area contributed by atoms with E-state index in [2.05, 4.69) is 15.3 Å². The highest BCUT2D eigenvalue weighted by Gasteiger charge is 2.36. The van der Waals surface area contributed by atoms with Crippen LogP contribution in [0.1, 0.15) is 17.8 Å². The van der Waals surface area contributed by atoms with Gasteiger partial charge in [0.25, 0.3) is 0 Å². The molecule has 2 aromatic carbocycles.